The summed E-state index contributed by atoms with van der Waals surface area (Å²) < 4.78 is 52.6. The molecular formula is C16H22F4N2O. The van der Waals surface area contributed by atoms with Gasteiger partial charge in [0.2, 0.25) is 0 Å². The molecule has 2 N–H and O–H groups in total. The van der Waals surface area contributed by atoms with E-state index in [2.05, 4.69) is 5.32 Å². The monoisotopic (exact) mass is 334 g/mol. The molecular weight excluding hydrogens is 312 g/mol. The quantitative estimate of drug-likeness (QED) is 0.831. The second-order valence-corrected chi connectivity index (χ2v) is 6.57. The van der Waals surface area contributed by atoms with Crippen LogP contribution in [0.2, 0.25) is 0 Å². The van der Waals surface area contributed by atoms with Crippen molar-refractivity contribution in [3.05, 3.63) is 35.1 Å². The summed E-state index contributed by atoms with van der Waals surface area (Å²) in [5.41, 5.74) is -1.49. The largest absolute Gasteiger partial charge is 0.416 e. The molecule has 130 valence electrons. The number of aliphatic hydroxyl groups is 1. The van der Waals surface area contributed by atoms with Gasteiger partial charge in [0.15, 0.2) is 0 Å². The lowest BCUT2D eigenvalue weighted by atomic mass is 9.79. The van der Waals surface area contributed by atoms with E-state index in [0.717, 1.165) is 19.2 Å². The summed E-state index contributed by atoms with van der Waals surface area (Å²) in [7, 11) is 0. The number of halogens is 4. The van der Waals surface area contributed by atoms with Crippen molar-refractivity contribution in [2.45, 2.75) is 26.1 Å². The molecule has 1 saturated heterocycles. The van der Waals surface area contributed by atoms with E-state index in [-0.39, 0.29) is 12.2 Å². The maximum atomic E-state index is 14.4. The molecule has 1 heterocycles. The highest BCUT2D eigenvalue weighted by Gasteiger charge is 2.38. The fraction of sp³-hybridized carbons (Fsp3) is 0.625. The molecule has 0 unspecified atom stereocenters. The van der Waals surface area contributed by atoms with E-state index in [1.54, 1.807) is 13.8 Å². The number of rotatable bonds is 4. The van der Waals surface area contributed by atoms with Crippen molar-refractivity contribution in [3.8, 4) is 0 Å². The van der Waals surface area contributed by atoms with Crippen LogP contribution in [0.5, 0.6) is 0 Å². The number of nitrogens with one attached hydrogen (secondary N) is 1. The standard InChI is InChI=1S/C16H22F4N2O/c1-15(2,10-23)14(22-7-5-21-6-8-22)12-4-3-11(9-13(12)17)16(18,19)20/h3-4,9,14,21,23H,5-8,10H2,1-2H3/t14-/m1/s1. The Morgan fingerprint density at radius 2 is 1.83 bits per heavy atom. The molecule has 0 amide bonds. The smallest absolute Gasteiger partial charge is 0.396 e. The Balaban J connectivity index is 2.43. The second kappa shape index (κ2) is 6.75. The molecule has 1 aromatic carbocycles. The number of hydrogen-bond donors (Lipinski definition) is 2. The molecule has 0 aliphatic carbocycles. The number of nitrogens with zero attached hydrogens (tertiary/aromatic N) is 1. The van der Waals surface area contributed by atoms with Crippen LogP contribution in [0.15, 0.2) is 18.2 Å². The highest BCUT2D eigenvalue weighted by atomic mass is 19.4. The molecule has 0 spiro atoms. The summed E-state index contributed by atoms with van der Waals surface area (Å²) in [4.78, 5) is 2.01. The van der Waals surface area contributed by atoms with Gasteiger partial charge in [-0.2, -0.15) is 13.2 Å². The van der Waals surface area contributed by atoms with Crippen molar-refractivity contribution in [3.63, 3.8) is 0 Å². The van der Waals surface area contributed by atoms with Crippen LogP contribution in [0.25, 0.3) is 0 Å². The molecule has 7 heteroatoms. The molecule has 0 aromatic heterocycles. The van der Waals surface area contributed by atoms with Crippen molar-refractivity contribution in [2.75, 3.05) is 32.8 Å². The van der Waals surface area contributed by atoms with Crippen LogP contribution in [0.4, 0.5) is 17.6 Å². The highest BCUT2D eigenvalue weighted by molar-refractivity contribution is 5.30. The Labute approximate surface area is 133 Å². The number of hydrogen-bond acceptors (Lipinski definition) is 3. The fourth-order valence-electron chi connectivity index (χ4n) is 3.06. The zero-order chi connectivity index (χ0) is 17.3. The molecule has 0 saturated carbocycles. The maximum absolute atomic E-state index is 14.4. The molecule has 1 aliphatic heterocycles. The Bertz CT molecular complexity index is 539. The van der Waals surface area contributed by atoms with Gasteiger partial charge in [-0.3, -0.25) is 4.90 Å². The van der Waals surface area contributed by atoms with E-state index < -0.39 is 29.0 Å². The molecule has 23 heavy (non-hydrogen) atoms. The molecule has 0 bridgehead atoms. The topological polar surface area (TPSA) is 35.5 Å². The summed E-state index contributed by atoms with van der Waals surface area (Å²) >= 11 is 0. The van der Waals surface area contributed by atoms with E-state index in [1.165, 1.54) is 6.07 Å². The summed E-state index contributed by atoms with van der Waals surface area (Å²) in [5.74, 6) is -0.884. The van der Waals surface area contributed by atoms with Gasteiger partial charge >= 0.3 is 6.18 Å². The fourth-order valence-corrected chi connectivity index (χ4v) is 3.06. The number of benzene rings is 1. The van der Waals surface area contributed by atoms with Crippen LogP contribution in [0.1, 0.15) is 31.0 Å². The van der Waals surface area contributed by atoms with Gasteiger partial charge in [-0.05, 0) is 12.1 Å². The van der Waals surface area contributed by atoms with Crippen LogP contribution in [0.3, 0.4) is 0 Å². The summed E-state index contributed by atoms with van der Waals surface area (Å²) in [6.45, 7) is 6.12. The van der Waals surface area contributed by atoms with Crippen molar-refractivity contribution >= 4 is 0 Å². The molecule has 1 fully saturated rings. The molecule has 3 nitrogen and oxygen atoms in total. The van der Waals surface area contributed by atoms with Gasteiger partial charge in [0.25, 0.3) is 0 Å². The second-order valence-electron chi connectivity index (χ2n) is 6.57. The van der Waals surface area contributed by atoms with E-state index in [9.17, 15) is 22.7 Å². The molecule has 1 aromatic rings. The van der Waals surface area contributed by atoms with Crippen molar-refractivity contribution in [1.82, 2.24) is 10.2 Å². The van der Waals surface area contributed by atoms with Gasteiger partial charge in [-0.1, -0.05) is 19.9 Å². The minimum atomic E-state index is -4.57. The zero-order valence-corrected chi connectivity index (χ0v) is 13.3. The number of alkyl halides is 3. The van der Waals surface area contributed by atoms with E-state index in [1.807, 2.05) is 4.90 Å². The SMILES string of the molecule is CC(C)(CO)[C@@H](c1ccc(C(F)(F)F)cc1F)N1CCNCC1. The third-order valence-corrected chi connectivity index (χ3v) is 4.29. The maximum Gasteiger partial charge on any atom is 0.416 e. The third-order valence-electron chi connectivity index (χ3n) is 4.29. The zero-order valence-electron chi connectivity index (χ0n) is 13.3. The normalized spacial score (nSPS) is 18.9. The van der Waals surface area contributed by atoms with E-state index >= 15 is 0 Å². The molecule has 2 rings (SSSR count). The van der Waals surface area contributed by atoms with Crippen molar-refractivity contribution < 1.29 is 22.7 Å². The summed E-state index contributed by atoms with van der Waals surface area (Å²) in [5, 5.41) is 12.9. The van der Waals surface area contributed by atoms with Crippen LogP contribution >= 0.6 is 0 Å². The van der Waals surface area contributed by atoms with Crippen molar-refractivity contribution in [2.24, 2.45) is 5.41 Å². The Kier molecular flexibility index (Phi) is 5.33. The first-order chi connectivity index (χ1) is 10.7. The molecule has 0 radical (unpaired) electrons. The predicted octanol–water partition coefficient (Wildman–Crippen LogP) is 2.81. The minimum absolute atomic E-state index is 0.192. The van der Waals surface area contributed by atoms with Crippen LogP contribution in [0, 0.1) is 11.2 Å². The highest BCUT2D eigenvalue weighted by Crippen LogP contribution is 2.40. The van der Waals surface area contributed by atoms with E-state index in [0.29, 0.717) is 19.2 Å². The van der Waals surface area contributed by atoms with Gasteiger partial charge in [0.05, 0.1) is 5.56 Å². The molecule has 1 aliphatic rings. The third kappa shape index (κ3) is 4.02. The number of aliphatic hydroxyl groups excluding tert-OH is 1. The number of piperazine rings is 1. The first-order valence-electron chi connectivity index (χ1n) is 7.59. The van der Waals surface area contributed by atoms with Gasteiger partial charge < -0.3 is 10.4 Å². The summed E-state index contributed by atoms with van der Waals surface area (Å²) in [6.07, 6.45) is -4.57. The van der Waals surface area contributed by atoms with Gasteiger partial charge in [-0.15, -0.1) is 0 Å². The lowest BCUT2D eigenvalue weighted by Crippen LogP contribution is -2.49. The van der Waals surface area contributed by atoms with Gasteiger partial charge in [0, 0.05) is 49.8 Å². The Hall–Kier alpha value is -1.18. The Morgan fingerprint density at radius 3 is 2.30 bits per heavy atom. The average molecular weight is 334 g/mol. The van der Waals surface area contributed by atoms with Crippen molar-refractivity contribution in [1.29, 1.82) is 0 Å². The minimum Gasteiger partial charge on any atom is -0.396 e. The van der Waals surface area contributed by atoms with E-state index in [4.69, 9.17) is 0 Å². The van der Waals surface area contributed by atoms with Gasteiger partial charge in [0.1, 0.15) is 5.82 Å². The van der Waals surface area contributed by atoms with Crippen LogP contribution in [-0.2, 0) is 6.18 Å². The summed E-state index contributed by atoms with van der Waals surface area (Å²) in [6, 6.07) is 2.15. The lowest BCUT2D eigenvalue weighted by Gasteiger charge is -2.43. The lowest BCUT2D eigenvalue weighted by molar-refractivity contribution is -0.137. The molecule has 1 atom stereocenters. The van der Waals surface area contributed by atoms with Crippen LogP contribution in [-0.4, -0.2) is 42.8 Å². The first-order valence-corrected chi connectivity index (χ1v) is 7.59. The van der Waals surface area contributed by atoms with Crippen LogP contribution < -0.4 is 5.32 Å². The Morgan fingerprint density at radius 1 is 1.22 bits per heavy atom. The first kappa shape index (κ1) is 18.2. The predicted molar refractivity (Wildman–Crippen MR) is 79.5 cm³/mol. The average Bonchev–Trinajstić information content (AvgIpc) is 2.49. The van der Waals surface area contributed by atoms with Gasteiger partial charge in [-0.25, -0.2) is 4.39 Å².